The van der Waals surface area contributed by atoms with E-state index in [4.69, 9.17) is 24.5 Å². The first-order valence-corrected chi connectivity index (χ1v) is 4.30. The molecule has 2 saturated heterocycles. The molecule has 80 valence electrons. The molecule has 0 aliphatic carbocycles. The van der Waals surface area contributed by atoms with Gasteiger partial charge in [-0.3, -0.25) is 0 Å². The van der Waals surface area contributed by atoms with Crippen molar-refractivity contribution >= 4 is 11.9 Å². The number of carboxylic acids is 2. The average Bonchev–Trinajstić information content (AvgIpc) is 2.51. The van der Waals surface area contributed by atoms with Gasteiger partial charge in [0.2, 0.25) is 0 Å². The first-order chi connectivity index (χ1) is 6.56. The summed E-state index contributed by atoms with van der Waals surface area (Å²) < 4.78 is 5.26. The van der Waals surface area contributed by atoms with Gasteiger partial charge in [0.1, 0.15) is 0 Å². The lowest BCUT2D eigenvalue weighted by Gasteiger charge is -2.37. The molecule has 0 aromatic carbocycles. The summed E-state index contributed by atoms with van der Waals surface area (Å²) in [5, 5.41) is 18.0. The van der Waals surface area contributed by atoms with Crippen LogP contribution in [-0.2, 0) is 14.3 Å². The van der Waals surface area contributed by atoms with Gasteiger partial charge in [-0.15, -0.1) is 0 Å². The van der Waals surface area contributed by atoms with Gasteiger partial charge in [0.25, 0.3) is 0 Å². The van der Waals surface area contributed by atoms with Crippen molar-refractivity contribution in [2.45, 2.75) is 6.42 Å². The molecule has 2 heterocycles. The summed E-state index contributed by atoms with van der Waals surface area (Å²) in [7, 11) is 0. The fraction of sp³-hybridized carbons (Fsp3) is 0.750. The van der Waals surface area contributed by atoms with Crippen LogP contribution in [0, 0.1) is 5.41 Å². The van der Waals surface area contributed by atoms with Crippen molar-refractivity contribution in [3.05, 3.63) is 0 Å². The molecule has 0 unspecified atom stereocenters. The van der Waals surface area contributed by atoms with Crippen molar-refractivity contribution in [1.29, 1.82) is 0 Å². The van der Waals surface area contributed by atoms with Gasteiger partial charge in [-0.2, -0.15) is 0 Å². The van der Waals surface area contributed by atoms with Crippen LogP contribution in [-0.4, -0.2) is 48.5 Å². The maximum Gasteiger partial charge on any atom is 0.414 e. The smallest absolute Gasteiger partial charge is 0.414 e. The van der Waals surface area contributed by atoms with Crippen LogP contribution in [0.2, 0.25) is 0 Å². The summed E-state index contributed by atoms with van der Waals surface area (Å²) in [6.07, 6.45) is 1.28. The second-order valence-corrected chi connectivity index (χ2v) is 3.52. The fourth-order valence-electron chi connectivity index (χ4n) is 1.41. The topological polar surface area (TPSA) is 95.9 Å². The van der Waals surface area contributed by atoms with Crippen LogP contribution in [0.5, 0.6) is 0 Å². The summed E-state index contributed by atoms with van der Waals surface area (Å²) in [4.78, 5) is 18.2. The molecule has 6 heteroatoms. The molecule has 6 nitrogen and oxygen atoms in total. The summed E-state index contributed by atoms with van der Waals surface area (Å²) in [6.45, 7) is 4.36. The molecule has 0 saturated carbocycles. The first kappa shape index (κ1) is 10.9. The Labute approximate surface area is 80.9 Å². The molecule has 0 radical (unpaired) electrons. The van der Waals surface area contributed by atoms with Crippen molar-refractivity contribution in [2.75, 3.05) is 26.3 Å². The number of hydrogen-bond acceptors (Lipinski definition) is 4. The van der Waals surface area contributed by atoms with E-state index in [0.717, 1.165) is 13.2 Å². The Hall–Kier alpha value is -1.14. The molecule has 0 aromatic heterocycles. The molecule has 0 aromatic rings. The van der Waals surface area contributed by atoms with Gasteiger partial charge in [-0.05, 0) is 6.42 Å². The highest BCUT2D eigenvalue weighted by molar-refractivity contribution is 6.27. The molecule has 2 aliphatic rings. The third-order valence-electron chi connectivity index (χ3n) is 2.37. The number of ether oxygens (including phenoxy) is 1. The Morgan fingerprint density at radius 2 is 1.79 bits per heavy atom. The number of carboxylic acid groups (broad SMARTS) is 2. The zero-order chi connectivity index (χ0) is 10.6. The predicted octanol–water partition coefficient (Wildman–Crippen LogP) is -0.848. The van der Waals surface area contributed by atoms with E-state index in [9.17, 15) is 0 Å². The summed E-state index contributed by atoms with van der Waals surface area (Å²) in [6, 6.07) is 0. The van der Waals surface area contributed by atoms with Gasteiger partial charge < -0.3 is 20.3 Å². The van der Waals surface area contributed by atoms with E-state index in [1.54, 1.807) is 0 Å². The Balaban J connectivity index is 0.000000149. The van der Waals surface area contributed by atoms with Crippen LogP contribution in [0.4, 0.5) is 0 Å². The normalized spacial score (nSPS) is 22.0. The highest BCUT2D eigenvalue weighted by atomic mass is 16.5. The van der Waals surface area contributed by atoms with Crippen LogP contribution >= 0.6 is 0 Å². The van der Waals surface area contributed by atoms with Crippen LogP contribution in [0.25, 0.3) is 0 Å². The fourth-order valence-corrected chi connectivity index (χ4v) is 1.41. The van der Waals surface area contributed by atoms with Gasteiger partial charge in [-0.1, -0.05) is 0 Å². The molecular formula is C8H13NO5. The first-order valence-electron chi connectivity index (χ1n) is 4.30. The third-order valence-corrected chi connectivity index (χ3v) is 2.37. The molecule has 0 bridgehead atoms. The number of aliphatic carboxylic acids is 2. The lowest BCUT2D eigenvalue weighted by molar-refractivity contribution is -0.159. The zero-order valence-corrected chi connectivity index (χ0v) is 7.65. The standard InChI is InChI=1S/C6H11NO.C2H2O4/c1-2-8-5-6(1)3-7-4-6;3-1(4)2(5)6/h7H,1-5H2;(H,3,4)(H,5,6). The highest BCUT2D eigenvalue weighted by Gasteiger charge is 2.40. The third kappa shape index (κ3) is 2.68. The second-order valence-electron chi connectivity index (χ2n) is 3.52. The molecular weight excluding hydrogens is 190 g/mol. The SMILES string of the molecule is C1CC2(CNC2)CO1.O=C(O)C(=O)O. The summed E-state index contributed by atoms with van der Waals surface area (Å²) in [5.41, 5.74) is 0.583. The Bertz CT molecular complexity index is 216. The van der Waals surface area contributed by atoms with Crippen LogP contribution < -0.4 is 5.32 Å². The van der Waals surface area contributed by atoms with E-state index >= 15 is 0 Å². The average molecular weight is 203 g/mol. The van der Waals surface area contributed by atoms with Crippen molar-refractivity contribution < 1.29 is 24.5 Å². The minimum atomic E-state index is -1.82. The number of carbonyl (C=O) groups is 2. The van der Waals surface area contributed by atoms with Crippen LogP contribution in [0.3, 0.4) is 0 Å². The Kier molecular flexibility index (Phi) is 3.43. The molecule has 14 heavy (non-hydrogen) atoms. The van der Waals surface area contributed by atoms with Gasteiger partial charge in [0.05, 0.1) is 6.61 Å². The number of rotatable bonds is 0. The van der Waals surface area contributed by atoms with Crippen LogP contribution in [0.15, 0.2) is 0 Å². The van der Waals surface area contributed by atoms with Gasteiger partial charge in [-0.25, -0.2) is 9.59 Å². The van der Waals surface area contributed by atoms with Gasteiger partial charge in [0.15, 0.2) is 0 Å². The largest absolute Gasteiger partial charge is 0.473 e. The van der Waals surface area contributed by atoms with Crippen molar-refractivity contribution in [3.8, 4) is 0 Å². The van der Waals surface area contributed by atoms with E-state index in [1.807, 2.05) is 0 Å². The summed E-state index contributed by atoms with van der Waals surface area (Å²) in [5.74, 6) is -3.65. The molecule has 2 fully saturated rings. The quantitative estimate of drug-likeness (QED) is 0.444. The number of hydrogen-bond donors (Lipinski definition) is 3. The van der Waals surface area contributed by atoms with Crippen molar-refractivity contribution in [2.24, 2.45) is 5.41 Å². The van der Waals surface area contributed by atoms with Crippen molar-refractivity contribution in [1.82, 2.24) is 5.32 Å². The second kappa shape index (κ2) is 4.39. The molecule has 0 atom stereocenters. The zero-order valence-electron chi connectivity index (χ0n) is 7.65. The Morgan fingerprint density at radius 1 is 1.21 bits per heavy atom. The van der Waals surface area contributed by atoms with Crippen LogP contribution in [0.1, 0.15) is 6.42 Å². The minimum absolute atomic E-state index is 0.583. The van der Waals surface area contributed by atoms with E-state index in [2.05, 4.69) is 5.32 Å². The monoisotopic (exact) mass is 203 g/mol. The maximum atomic E-state index is 9.10. The lowest BCUT2D eigenvalue weighted by Crippen LogP contribution is -2.53. The van der Waals surface area contributed by atoms with Gasteiger partial charge >= 0.3 is 11.9 Å². The minimum Gasteiger partial charge on any atom is -0.473 e. The molecule has 1 spiro atoms. The van der Waals surface area contributed by atoms with E-state index in [1.165, 1.54) is 19.5 Å². The number of nitrogens with one attached hydrogen (secondary N) is 1. The lowest BCUT2D eigenvalue weighted by atomic mass is 9.81. The molecule has 2 aliphatic heterocycles. The van der Waals surface area contributed by atoms with Gasteiger partial charge in [0, 0.05) is 25.1 Å². The molecule has 2 rings (SSSR count). The highest BCUT2D eigenvalue weighted by Crippen LogP contribution is 2.31. The van der Waals surface area contributed by atoms with E-state index in [0.29, 0.717) is 5.41 Å². The summed E-state index contributed by atoms with van der Waals surface area (Å²) >= 11 is 0. The predicted molar refractivity (Wildman–Crippen MR) is 46.0 cm³/mol. The Morgan fingerprint density at radius 3 is 1.93 bits per heavy atom. The van der Waals surface area contributed by atoms with Crippen molar-refractivity contribution in [3.63, 3.8) is 0 Å². The maximum absolute atomic E-state index is 9.10. The molecule has 3 N–H and O–H groups in total. The van der Waals surface area contributed by atoms with E-state index in [-0.39, 0.29) is 0 Å². The van der Waals surface area contributed by atoms with E-state index < -0.39 is 11.9 Å². The molecule has 0 amide bonds.